The molecule has 0 amide bonds. The predicted molar refractivity (Wildman–Crippen MR) is 137 cm³/mol. The number of aromatic carboxylic acids is 1. The number of aromatic nitrogens is 1. The van der Waals surface area contributed by atoms with Gasteiger partial charge in [-0.1, -0.05) is 13.0 Å². The van der Waals surface area contributed by atoms with Crippen LogP contribution in [0.25, 0.3) is 5.57 Å². The standard InChI is InChI=1S/C26H31BN2O6.W/c1-4-19-24-17(12-13-28(3)29(24)16-21(25(19)30)26(31)32)9-7-6-8-14-34-18-10-11-20-22(15-18)27(33)35-23(20)5-2;/h9-11,15-16,23,33H,5-8,12-14H2,1-3H3,(H,31,32);/t23-;/m1./s1. The molecule has 2 N–H and O–H groups in total. The van der Waals surface area contributed by atoms with Crippen LogP contribution in [0.15, 0.2) is 35.3 Å². The SMILES string of the molecule is CC[C@H]1OB(O)c2cc(OCCCCC=C3CCN(C)n4cc(C(=O)O)c(=O)c([C](C)=[W])c43)ccc21. The second-order valence-electron chi connectivity index (χ2n) is 9.18. The van der Waals surface area contributed by atoms with Gasteiger partial charge in [0.1, 0.15) is 0 Å². The molecule has 0 spiro atoms. The number of rotatable bonds is 9. The molecule has 0 bridgehead atoms. The van der Waals surface area contributed by atoms with Crippen molar-refractivity contribution in [1.82, 2.24) is 4.68 Å². The van der Waals surface area contributed by atoms with E-state index in [2.05, 4.69) is 6.08 Å². The van der Waals surface area contributed by atoms with Crippen LogP contribution in [0.3, 0.4) is 0 Å². The molecule has 1 atom stereocenters. The Morgan fingerprint density at radius 2 is 2.14 bits per heavy atom. The third-order valence-corrected chi connectivity index (χ3v) is 7.47. The van der Waals surface area contributed by atoms with E-state index in [9.17, 15) is 19.7 Å². The third kappa shape index (κ3) is 5.29. The Morgan fingerprint density at radius 1 is 1.36 bits per heavy atom. The van der Waals surface area contributed by atoms with Crippen molar-refractivity contribution in [3.05, 3.63) is 63.1 Å². The number of hydrogen-bond donors (Lipinski definition) is 2. The summed E-state index contributed by atoms with van der Waals surface area (Å²) in [6, 6.07) is 5.76. The van der Waals surface area contributed by atoms with Crippen molar-refractivity contribution < 1.29 is 43.7 Å². The molecular formula is C26H31BN2O6W. The number of unbranched alkanes of at least 4 members (excludes halogenated alkanes) is 2. The summed E-state index contributed by atoms with van der Waals surface area (Å²) in [4.78, 5) is 24.6. The molecular weight excluding hydrogens is 631 g/mol. The number of fused-ring (bicyclic) bond motifs is 2. The van der Waals surface area contributed by atoms with Gasteiger partial charge in [0.2, 0.25) is 0 Å². The molecule has 2 aliphatic heterocycles. The van der Waals surface area contributed by atoms with E-state index in [-0.39, 0.29) is 11.7 Å². The Hall–Kier alpha value is -2.48. The van der Waals surface area contributed by atoms with E-state index < -0.39 is 18.5 Å². The fraction of sp³-hybridized carbons (Fsp3) is 0.423. The summed E-state index contributed by atoms with van der Waals surface area (Å²) in [5, 5.41) is 21.6. The molecule has 2 aliphatic rings. The van der Waals surface area contributed by atoms with E-state index in [1.54, 1.807) is 0 Å². The number of hydrogen-bond acceptors (Lipinski definition) is 6. The first-order chi connectivity index (χ1) is 17.2. The maximum atomic E-state index is 13.0. The van der Waals surface area contributed by atoms with Crippen molar-refractivity contribution in [2.75, 3.05) is 25.2 Å². The average molecular weight is 662 g/mol. The monoisotopic (exact) mass is 662 g/mol. The molecule has 1 aromatic heterocycles. The van der Waals surface area contributed by atoms with Crippen molar-refractivity contribution >= 4 is 28.0 Å². The molecule has 190 valence electrons. The molecule has 0 radical (unpaired) electrons. The molecule has 10 heteroatoms. The number of carboxylic acid groups (broad SMARTS) is 1. The first-order valence-corrected chi connectivity index (χ1v) is 13.7. The molecule has 3 heterocycles. The van der Waals surface area contributed by atoms with Crippen molar-refractivity contribution in [1.29, 1.82) is 0 Å². The van der Waals surface area contributed by atoms with Crippen LogP contribution in [0.2, 0.25) is 0 Å². The molecule has 1 aromatic carbocycles. The van der Waals surface area contributed by atoms with Gasteiger partial charge < -0.3 is 9.68 Å². The fourth-order valence-corrected chi connectivity index (χ4v) is 5.53. The summed E-state index contributed by atoms with van der Waals surface area (Å²) in [5.41, 5.74) is 3.61. The Bertz CT molecular complexity index is 1270. The van der Waals surface area contributed by atoms with Gasteiger partial charge in [-0.25, -0.2) is 0 Å². The number of allylic oxidation sites excluding steroid dienone is 1. The van der Waals surface area contributed by atoms with E-state index >= 15 is 0 Å². The molecule has 0 unspecified atom stereocenters. The second kappa shape index (κ2) is 11.3. The van der Waals surface area contributed by atoms with Gasteiger partial charge in [-0.05, 0) is 17.4 Å². The maximum absolute atomic E-state index is 13.0. The molecule has 4 rings (SSSR count). The van der Waals surface area contributed by atoms with Gasteiger partial charge >= 0.3 is 176 Å². The van der Waals surface area contributed by atoms with Gasteiger partial charge in [0.05, 0.1) is 6.10 Å². The summed E-state index contributed by atoms with van der Waals surface area (Å²) >= 11 is 1.15. The first kappa shape index (κ1) is 26.6. The van der Waals surface area contributed by atoms with Crippen LogP contribution in [0.5, 0.6) is 5.75 Å². The minimum absolute atomic E-state index is 0.0654. The van der Waals surface area contributed by atoms with Crippen molar-refractivity contribution in [2.45, 2.75) is 52.1 Å². The minimum atomic E-state index is -1.20. The molecule has 0 fully saturated rings. The predicted octanol–water partition coefficient (Wildman–Crippen LogP) is 2.41. The van der Waals surface area contributed by atoms with E-state index in [0.717, 1.165) is 89.9 Å². The van der Waals surface area contributed by atoms with Gasteiger partial charge in [0.25, 0.3) is 0 Å². The van der Waals surface area contributed by atoms with Crippen molar-refractivity contribution in [3.8, 4) is 5.75 Å². The summed E-state index contributed by atoms with van der Waals surface area (Å²) in [6.45, 7) is 5.22. The van der Waals surface area contributed by atoms with Crippen LogP contribution >= 0.6 is 0 Å². The summed E-state index contributed by atoms with van der Waals surface area (Å²) < 4.78 is 14.2. The molecule has 8 nitrogen and oxygen atoms in total. The van der Waals surface area contributed by atoms with Crippen molar-refractivity contribution in [3.63, 3.8) is 0 Å². The second-order valence-corrected chi connectivity index (χ2v) is 11.4. The Balaban J connectivity index is 1.41. The summed E-state index contributed by atoms with van der Waals surface area (Å²) in [6.07, 6.45) is 7.78. The number of carbonyl (C=O) groups is 1. The van der Waals surface area contributed by atoms with E-state index in [1.807, 2.05) is 48.8 Å². The van der Waals surface area contributed by atoms with Crippen LogP contribution in [0, 0.1) is 0 Å². The van der Waals surface area contributed by atoms with Gasteiger partial charge in [0, 0.05) is 0 Å². The average Bonchev–Trinajstić information content (AvgIpc) is 3.16. The zero-order valence-electron chi connectivity index (χ0n) is 20.8. The number of nitrogens with zero attached hydrogens (tertiary/aromatic N) is 2. The zero-order valence-corrected chi connectivity index (χ0v) is 23.8. The molecule has 0 aliphatic carbocycles. The van der Waals surface area contributed by atoms with Crippen LogP contribution in [-0.2, 0) is 24.0 Å². The van der Waals surface area contributed by atoms with Gasteiger partial charge in [-0.3, -0.25) is 0 Å². The first-order valence-electron chi connectivity index (χ1n) is 12.3. The minimum Gasteiger partial charge on any atom is -0.0532 e. The molecule has 0 saturated heterocycles. The third-order valence-electron chi connectivity index (χ3n) is 6.74. The fourth-order valence-electron chi connectivity index (χ4n) is 4.85. The molecule has 36 heavy (non-hydrogen) atoms. The van der Waals surface area contributed by atoms with Gasteiger partial charge in [-0.2, -0.15) is 0 Å². The van der Waals surface area contributed by atoms with E-state index in [4.69, 9.17) is 9.39 Å². The van der Waals surface area contributed by atoms with Crippen molar-refractivity contribution in [2.24, 2.45) is 0 Å². The Morgan fingerprint density at radius 3 is 2.83 bits per heavy atom. The van der Waals surface area contributed by atoms with Gasteiger partial charge in [0.15, 0.2) is 0 Å². The quantitative estimate of drug-likeness (QED) is 0.315. The number of benzene rings is 1. The Labute approximate surface area is 222 Å². The van der Waals surface area contributed by atoms with Gasteiger partial charge in [-0.15, -0.1) is 0 Å². The number of ether oxygens (including phenoxy) is 1. The number of carboxylic acids is 1. The zero-order chi connectivity index (χ0) is 26.0. The van der Waals surface area contributed by atoms with Crippen LogP contribution in [0.1, 0.15) is 79.2 Å². The summed E-state index contributed by atoms with van der Waals surface area (Å²) in [7, 11) is 1.01. The van der Waals surface area contributed by atoms with E-state index in [1.165, 1.54) is 6.20 Å². The Kier molecular flexibility index (Phi) is 8.33. The molecule has 2 aromatic rings. The molecule has 0 saturated carbocycles. The normalized spacial score (nSPS) is 17.8. The van der Waals surface area contributed by atoms with Crippen LogP contribution in [-0.4, -0.2) is 52.0 Å². The smallest absolute Gasteiger partial charge is 0.0532 e. The van der Waals surface area contributed by atoms with Crippen LogP contribution < -0.4 is 20.6 Å². The summed E-state index contributed by atoms with van der Waals surface area (Å²) in [5.74, 6) is -0.474. The number of pyridine rings is 1. The van der Waals surface area contributed by atoms with E-state index in [0.29, 0.717) is 12.2 Å². The topological polar surface area (TPSA) is 101 Å². The van der Waals surface area contributed by atoms with Crippen LogP contribution in [0.4, 0.5) is 0 Å².